The number of aromatic nitrogens is 2. The van der Waals surface area contributed by atoms with E-state index in [1.807, 2.05) is 45.3 Å². The quantitative estimate of drug-likeness (QED) is 0.686. The van der Waals surface area contributed by atoms with Crippen molar-refractivity contribution < 1.29 is 4.79 Å². The lowest BCUT2D eigenvalue weighted by Gasteiger charge is -2.29. The number of fused-ring (bicyclic) bond motifs is 1. The van der Waals surface area contributed by atoms with Crippen LogP contribution in [0.25, 0.3) is 4.96 Å². The van der Waals surface area contributed by atoms with Crippen LogP contribution in [0.1, 0.15) is 31.0 Å². The number of thiazole rings is 1. The lowest BCUT2D eigenvalue weighted by molar-refractivity contribution is -0.133. The standard InChI is InChI=1S/C19H21N3OS/c1-14(16-7-8-16)22(12-15-5-3-2-4-6-15)18(23)11-17-13-21-9-10-24-19(21)20-17/h2-6,9-10,13-14,16H,7-8,11-12H2,1H3. The predicted molar refractivity (Wildman–Crippen MR) is 96.0 cm³/mol. The normalized spacial score (nSPS) is 15.5. The van der Waals surface area contributed by atoms with E-state index >= 15 is 0 Å². The molecule has 5 heteroatoms. The average Bonchev–Trinajstić information content (AvgIpc) is 3.24. The van der Waals surface area contributed by atoms with Crippen LogP contribution in [0.4, 0.5) is 0 Å². The number of nitrogens with zero attached hydrogens (tertiary/aromatic N) is 3. The summed E-state index contributed by atoms with van der Waals surface area (Å²) in [4.78, 5) is 20.5. The fourth-order valence-corrected chi connectivity index (χ4v) is 3.91. The summed E-state index contributed by atoms with van der Waals surface area (Å²) in [6.07, 6.45) is 6.79. The zero-order valence-electron chi connectivity index (χ0n) is 13.8. The lowest BCUT2D eigenvalue weighted by atomic mass is 10.1. The molecule has 124 valence electrons. The zero-order valence-corrected chi connectivity index (χ0v) is 14.6. The summed E-state index contributed by atoms with van der Waals surface area (Å²) in [6, 6.07) is 10.5. The topological polar surface area (TPSA) is 37.6 Å². The number of amides is 1. The van der Waals surface area contributed by atoms with Gasteiger partial charge in [0.2, 0.25) is 5.91 Å². The van der Waals surface area contributed by atoms with E-state index in [0.717, 1.165) is 10.7 Å². The number of benzene rings is 1. The summed E-state index contributed by atoms with van der Waals surface area (Å²) in [5, 5.41) is 2.00. The highest BCUT2D eigenvalue weighted by atomic mass is 32.1. The van der Waals surface area contributed by atoms with E-state index in [1.54, 1.807) is 11.3 Å². The van der Waals surface area contributed by atoms with E-state index in [1.165, 1.54) is 18.4 Å². The fraction of sp³-hybridized carbons (Fsp3) is 0.368. The van der Waals surface area contributed by atoms with E-state index in [-0.39, 0.29) is 5.91 Å². The third-order valence-corrected chi connectivity index (χ3v) is 5.56. The van der Waals surface area contributed by atoms with Crippen LogP contribution in [0.15, 0.2) is 48.1 Å². The molecule has 0 spiro atoms. The number of rotatable bonds is 6. The number of hydrogen-bond donors (Lipinski definition) is 0. The maximum atomic E-state index is 13.0. The molecule has 1 unspecified atom stereocenters. The largest absolute Gasteiger partial charge is 0.335 e. The number of imidazole rings is 1. The molecule has 24 heavy (non-hydrogen) atoms. The molecule has 1 fully saturated rings. The van der Waals surface area contributed by atoms with Crippen LogP contribution >= 0.6 is 11.3 Å². The Morgan fingerprint density at radius 1 is 1.38 bits per heavy atom. The summed E-state index contributed by atoms with van der Waals surface area (Å²) in [6.45, 7) is 2.86. The van der Waals surface area contributed by atoms with Crippen LogP contribution in [0.5, 0.6) is 0 Å². The van der Waals surface area contributed by atoms with Crippen molar-refractivity contribution in [3.8, 4) is 0 Å². The van der Waals surface area contributed by atoms with Gasteiger partial charge in [0.05, 0.1) is 12.1 Å². The average molecular weight is 339 g/mol. The molecule has 1 atom stereocenters. The number of carbonyl (C=O) groups is 1. The highest BCUT2D eigenvalue weighted by molar-refractivity contribution is 7.15. The van der Waals surface area contributed by atoms with Crippen molar-refractivity contribution in [3.05, 3.63) is 59.4 Å². The van der Waals surface area contributed by atoms with Gasteiger partial charge in [0, 0.05) is 30.4 Å². The monoisotopic (exact) mass is 339 g/mol. The first-order valence-electron chi connectivity index (χ1n) is 8.45. The summed E-state index contributed by atoms with van der Waals surface area (Å²) in [5.74, 6) is 0.826. The summed E-state index contributed by atoms with van der Waals surface area (Å²) < 4.78 is 1.99. The Kier molecular flexibility index (Phi) is 4.10. The van der Waals surface area contributed by atoms with Gasteiger partial charge < -0.3 is 4.90 Å². The fourth-order valence-electron chi connectivity index (χ4n) is 3.19. The molecule has 2 aromatic heterocycles. The molecular formula is C19H21N3OS. The summed E-state index contributed by atoms with van der Waals surface area (Å²) in [7, 11) is 0. The van der Waals surface area contributed by atoms with Gasteiger partial charge >= 0.3 is 0 Å². The lowest BCUT2D eigenvalue weighted by Crippen LogP contribution is -2.40. The number of carbonyl (C=O) groups excluding carboxylic acids is 1. The smallest absolute Gasteiger partial charge is 0.229 e. The van der Waals surface area contributed by atoms with Crippen molar-refractivity contribution in [2.45, 2.75) is 38.8 Å². The number of hydrogen-bond acceptors (Lipinski definition) is 3. The third kappa shape index (κ3) is 3.22. The second kappa shape index (κ2) is 6.40. The van der Waals surface area contributed by atoms with Crippen LogP contribution in [0, 0.1) is 5.92 Å². The highest BCUT2D eigenvalue weighted by Crippen LogP contribution is 2.36. The minimum absolute atomic E-state index is 0.170. The van der Waals surface area contributed by atoms with E-state index in [0.29, 0.717) is 24.9 Å². The van der Waals surface area contributed by atoms with Crippen molar-refractivity contribution in [2.75, 3.05) is 0 Å². The first kappa shape index (κ1) is 15.4. The second-order valence-electron chi connectivity index (χ2n) is 6.59. The molecule has 0 N–H and O–H groups in total. The Balaban J connectivity index is 1.52. The summed E-state index contributed by atoms with van der Waals surface area (Å²) in [5.41, 5.74) is 2.04. The van der Waals surface area contributed by atoms with Gasteiger partial charge in [-0.25, -0.2) is 4.98 Å². The van der Waals surface area contributed by atoms with Gasteiger partial charge in [0.25, 0.3) is 0 Å². The van der Waals surface area contributed by atoms with Gasteiger partial charge in [-0.05, 0) is 31.2 Å². The SMILES string of the molecule is CC(C1CC1)N(Cc1ccccc1)C(=O)Cc1cn2ccsc2n1. The van der Waals surface area contributed by atoms with Gasteiger partial charge in [-0.2, -0.15) is 0 Å². The molecule has 0 saturated heterocycles. The van der Waals surface area contributed by atoms with E-state index in [4.69, 9.17) is 0 Å². The molecule has 4 nitrogen and oxygen atoms in total. The van der Waals surface area contributed by atoms with Crippen LogP contribution in [0.2, 0.25) is 0 Å². The molecule has 1 saturated carbocycles. The zero-order chi connectivity index (χ0) is 16.5. The first-order valence-corrected chi connectivity index (χ1v) is 9.33. The Hall–Kier alpha value is -2.14. The maximum Gasteiger partial charge on any atom is 0.229 e. The van der Waals surface area contributed by atoms with Crippen LogP contribution in [-0.4, -0.2) is 26.2 Å². The van der Waals surface area contributed by atoms with E-state index in [2.05, 4.69) is 24.0 Å². The Bertz CT molecular complexity index is 806. The molecule has 4 rings (SSSR count). The van der Waals surface area contributed by atoms with Crippen molar-refractivity contribution >= 4 is 22.2 Å². The summed E-state index contributed by atoms with van der Waals surface area (Å²) >= 11 is 1.59. The molecule has 0 aliphatic heterocycles. The Morgan fingerprint density at radius 2 is 2.17 bits per heavy atom. The van der Waals surface area contributed by atoms with Crippen molar-refractivity contribution in [1.29, 1.82) is 0 Å². The van der Waals surface area contributed by atoms with Gasteiger partial charge in [0.15, 0.2) is 4.96 Å². The molecule has 1 aliphatic rings. The third-order valence-electron chi connectivity index (χ3n) is 4.79. The molecule has 3 aromatic rings. The van der Waals surface area contributed by atoms with Crippen LogP contribution in [-0.2, 0) is 17.8 Å². The first-order chi connectivity index (χ1) is 11.7. The molecule has 2 heterocycles. The molecule has 0 radical (unpaired) electrons. The molecule has 0 bridgehead atoms. The van der Waals surface area contributed by atoms with Gasteiger partial charge in [0.1, 0.15) is 0 Å². The minimum Gasteiger partial charge on any atom is -0.335 e. The maximum absolute atomic E-state index is 13.0. The Labute approximate surface area is 145 Å². The minimum atomic E-state index is 0.170. The van der Waals surface area contributed by atoms with Crippen LogP contribution in [0.3, 0.4) is 0 Å². The van der Waals surface area contributed by atoms with E-state index in [9.17, 15) is 4.79 Å². The van der Waals surface area contributed by atoms with Crippen molar-refractivity contribution in [3.63, 3.8) is 0 Å². The Morgan fingerprint density at radius 3 is 2.88 bits per heavy atom. The van der Waals surface area contributed by atoms with Crippen molar-refractivity contribution in [1.82, 2.24) is 14.3 Å². The molecule has 1 amide bonds. The van der Waals surface area contributed by atoms with Crippen LogP contribution < -0.4 is 0 Å². The van der Waals surface area contributed by atoms with E-state index < -0.39 is 0 Å². The second-order valence-corrected chi connectivity index (χ2v) is 7.46. The van der Waals surface area contributed by atoms with Gasteiger partial charge in [-0.1, -0.05) is 30.3 Å². The molecule has 1 aromatic carbocycles. The highest BCUT2D eigenvalue weighted by Gasteiger charge is 2.34. The van der Waals surface area contributed by atoms with Gasteiger partial charge in [-0.15, -0.1) is 11.3 Å². The van der Waals surface area contributed by atoms with Gasteiger partial charge in [-0.3, -0.25) is 9.20 Å². The molecule has 1 aliphatic carbocycles. The predicted octanol–water partition coefficient (Wildman–Crippen LogP) is 3.77. The van der Waals surface area contributed by atoms with Crippen molar-refractivity contribution in [2.24, 2.45) is 5.92 Å². The molecular weight excluding hydrogens is 318 g/mol.